The van der Waals surface area contributed by atoms with E-state index in [9.17, 15) is 13.2 Å². The third-order valence-electron chi connectivity index (χ3n) is 2.54. The third kappa shape index (κ3) is 1.70. The number of carboxylic acids is 1. The van der Waals surface area contributed by atoms with Crippen molar-refractivity contribution in [3.05, 3.63) is 23.8 Å². The van der Waals surface area contributed by atoms with Crippen molar-refractivity contribution in [2.75, 3.05) is 11.5 Å². The highest BCUT2D eigenvalue weighted by Gasteiger charge is 2.21. The van der Waals surface area contributed by atoms with Gasteiger partial charge in [0.1, 0.15) is 5.52 Å². The van der Waals surface area contributed by atoms with Crippen molar-refractivity contribution in [3.8, 4) is 0 Å². The van der Waals surface area contributed by atoms with E-state index in [1.807, 2.05) is 0 Å². The Balaban J connectivity index is 2.91. The number of anilines is 1. The lowest BCUT2D eigenvalue weighted by molar-refractivity contribution is 0.0699. The summed E-state index contributed by atoms with van der Waals surface area (Å²) in [7, 11) is -3.62. The summed E-state index contributed by atoms with van der Waals surface area (Å²) in [6, 6.07) is 4.27. The molecule has 0 aliphatic heterocycles. The second-order valence-electron chi connectivity index (χ2n) is 3.61. The SMILES string of the molecule is CCS(=O)(=O)n1c(N)nc2c(C(=O)O)cccc21. The number of carboxylic acid groups (broad SMARTS) is 1. The van der Waals surface area contributed by atoms with Crippen molar-refractivity contribution in [1.82, 2.24) is 8.96 Å². The molecule has 0 radical (unpaired) electrons. The van der Waals surface area contributed by atoms with Gasteiger partial charge in [0.05, 0.1) is 16.8 Å². The van der Waals surface area contributed by atoms with Crippen LogP contribution in [0.1, 0.15) is 17.3 Å². The largest absolute Gasteiger partial charge is 0.478 e. The van der Waals surface area contributed by atoms with E-state index < -0.39 is 16.0 Å². The lowest BCUT2D eigenvalue weighted by atomic mass is 10.2. The van der Waals surface area contributed by atoms with Gasteiger partial charge in [-0.25, -0.2) is 22.2 Å². The summed E-state index contributed by atoms with van der Waals surface area (Å²) >= 11 is 0. The first-order valence-corrected chi connectivity index (χ1v) is 6.73. The number of hydrogen-bond acceptors (Lipinski definition) is 5. The minimum absolute atomic E-state index is 0.0690. The zero-order valence-electron chi connectivity index (χ0n) is 9.49. The Morgan fingerprint density at radius 1 is 1.50 bits per heavy atom. The zero-order valence-corrected chi connectivity index (χ0v) is 10.3. The second kappa shape index (κ2) is 3.98. The van der Waals surface area contributed by atoms with Crippen molar-refractivity contribution >= 4 is 33.0 Å². The Hall–Kier alpha value is -2.09. The van der Waals surface area contributed by atoms with Gasteiger partial charge in [0, 0.05) is 0 Å². The van der Waals surface area contributed by atoms with Crippen molar-refractivity contribution in [1.29, 1.82) is 0 Å². The van der Waals surface area contributed by atoms with E-state index in [-0.39, 0.29) is 28.3 Å². The number of rotatable bonds is 3. The molecule has 0 aliphatic carbocycles. The first-order chi connectivity index (χ1) is 8.38. The van der Waals surface area contributed by atoms with Crippen LogP contribution in [0.2, 0.25) is 0 Å². The number of nitrogens with two attached hydrogens (primary N) is 1. The van der Waals surface area contributed by atoms with Gasteiger partial charge in [0.25, 0.3) is 0 Å². The van der Waals surface area contributed by atoms with Crippen molar-refractivity contribution < 1.29 is 18.3 Å². The van der Waals surface area contributed by atoms with Gasteiger partial charge in [-0.05, 0) is 19.1 Å². The molecule has 3 N–H and O–H groups in total. The Morgan fingerprint density at radius 2 is 2.17 bits per heavy atom. The van der Waals surface area contributed by atoms with Gasteiger partial charge < -0.3 is 10.8 Å². The number of fused-ring (bicyclic) bond motifs is 1. The lowest BCUT2D eigenvalue weighted by Crippen LogP contribution is -2.16. The van der Waals surface area contributed by atoms with Crippen molar-refractivity contribution in [2.24, 2.45) is 0 Å². The molecule has 0 saturated carbocycles. The summed E-state index contributed by atoms with van der Waals surface area (Å²) < 4.78 is 24.6. The number of nitrogens with zero attached hydrogens (tertiary/aromatic N) is 2. The van der Waals surface area contributed by atoms with E-state index in [1.54, 1.807) is 0 Å². The molecular weight excluding hydrogens is 258 g/mol. The summed E-state index contributed by atoms with van der Waals surface area (Å²) in [5, 5.41) is 9.00. The summed E-state index contributed by atoms with van der Waals surface area (Å²) in [6.07, 6.45) is 0. The second-order valence-corrected chi connectivity index (χ2v) is 5.72. The zero-order chi connectivity index (χ0) is 13.5. The van der Waals surface area contributed by atoms with E-state index >= 15 is 0 Å². The molecule has 0 fully saturated rings. The van der Waals surface area contributed by atoms with Crippen LogP contribution in [0.3, 0.4) is 0 Å². The highest BCUT2D eigenvalue weighted by Crippen LogP contribution is 2.23. The number of aromatic nitrogens is 2. The van der Waals surface area contributed by atoms with E-state index in [0.29, 0.717) is 0 Å². The maximum atomic E-state index is 11.9. The van der Waals surface area contributed by atoms with Gasteiger partial charge >= 0.3 is 5.97 Å². The predicted molar refractivity (Wildman–Crippen MR) is 66.0 cm³/mol. The fourth-order valence-corrected chi connectivity index (χ4v) is 2.72. The van der Waals surface area contributed by atoms with Gasteiger partial charge in [0.2, 0.25) is 16.0 Å². The van der Waals surface area contributed by atoms with Crippen LogP contribution >= 0.6 is 0 Å². The fourth-order valence-electron chi connectivity index (χ4n) is 1.69. The van der Waals surface area contributed by atoms with Crippen LogP contribution in [0, 0.1) is 0 Å². The summed E-state index contributed by atoms with van der Waals surface area (Å²) in [5.41, 5.74) is 5.73. The van der Waals surface area contributed by atoms with Gasteiger partial charge in [-0.3, -0.25) is 0 Å². The number of aromatic carboxylic acids is 1. The molecule has 0 unspecified atom stereocenters. The van der Waals surface area contributed by atoms with E-state index in [0.717, 1.165) is 3.97 Å². The van der Waals surface area contributed by atoms with Crippen LogP contribution in [-0.4, -0.2) is 34.2 Å². The maximum Gasteiger partial charge on any atom is 0.337 e. The van der Waals surface area contributed by atoms with E-state index in [1.165, 1.54) is 25.1 Å². The Bertz CT molecular complexity index is 733. The van der Waals surface area contributed by atoms with E-state index in [2.05, 4.69) is 4.98 Å². The normalized spacial score (nSPS) is 11.8. The molecule has 1 aromatic carbocycles. The molecule has 18 heavy (non-hydrogen) atoms. The minimum Gasteiger partial charge on any atom is -0.478 e. The summed E-state index contributed by atoms with van der Waals surface area (Å²) in [6.45, 7) is 1.47. The quantitative estimate of drug-likeness (QED) is 0.839. The number of carbonyl (C=O) groups is 1. The number of imidazole rings is 1. The molecular formula is C10H11N3O4S. The smallest absolute Gasteiger partial charge is 0.337 e. The summed E-state index contributed by atoms with van der Waals surface area (Å²) in [4.78, 5) is 14.8. The molecule has 0 spiro atoms. The molecule has 1 heterocycles. The summed E-state index contributed by atoms with van der Waals surface area (Å²) in [5.74, 6) is -1.57. The molecule has 96 valence electrons. The van der Waals surface area contributed by atoms with E-state index in [4.69, 9.17) is 10.8 Å². The monoisotopic (exact) mass is 269 g/mol. The molecule has 2 rings (SSSR count). The van der Waals surface area contributed by atoms with Crippen LogP contribution < -0.4 is 5.73 Å². The number of benzene rings is 1. The molecule has 2 aromatic rings. The van der Waals surface area contributed by atoms with Gasteiger partial charge in [0.15, 0.2) is 0 Å². The molecule has 1 aromatic heterocycles. The number of para-hydroxylation sites is 1. The first kappa shape index (κ1) is 12.4. The third-order valence-corrected chi connectivity index (χ3v) is 4.21. The van der Waals surface area contributed by atoms with Crippen LogP contribution in [0.5, 0.6) is 0 Å². The average Bonchev–Trinajstić information content (AvgIpc) is 2.64. The number of hydrogen-bond donors (Lipinski definition) is 2. The minimum atomic E-state index is -3.62. The standard InChI is InChI=1S/C10H11N3O4S/c1-2-18(16,17)13-7-5-3-4-6(9(14)15)8(7)12-10(13)11/h3-5H,2H2,1H3,(H2,11,12)(H,14,15). The van der Waals surface area contributed by atoms with Crippen LogP contribution in [0.15, 0.2) is 18.2 Å². The van der Waals surface area contributed by atoms with Crippen LogP contribution in [0.25, 0.3) is 11.0 Å². The predicted octanol–water partition coefficient (Wildman–Crippen LogP) is 0.514. The number of nitrogen functional groups attached to an aromatic ring is 1. The molecule has 7 nitrogen and oxygen atoms in total. The molecule has 0 bridgehead atoms. The average molecular weight is 269 g/mol. The Labute approximate surface area is 103 Å². The molecule has 0 atom stereocenters. The maximum absolute atomic E-state index is 11.9. The highest BCUT2D eigenvalue weighted by molar-refractivity contribution is 7.90. The Kier molecular flexibility index (Phi) is 2.74. The van der Waals surface area contributed by atoms with Crippen molar-refractivity contribution in [2.45, 2.75) is 6.92 Å². The van der Waals surface area contributed by atoms with Crippen LogP contribution in [0.4, 0.5) is 5.95 Å². The van der Waals surface area contributed by atoms with Gasteiger partial charge in [-0.1, -0.05) is 6.07 Å². The van der Waals surface area contributed by atoms with Crippen LogP contribution in [-0.2, 0) is 10.0 Å². The van der Waals surface area contributed by atoms with Crippen molar-refractivity contribution in [3.63, 3.8) is 0 Å². The molecule has 0 saturated heterocycles. The highest BCUT2D eigenvalue weighted by atomic mass is 32.2. The Morgan fingerprint density at radius 3 is 2.72 bits per heavy atom. The van der Waals surface area contributed by atoms with Gasteiger partial charge in [-0.15, -0.1) is 0 Å². The lowest BCUT2D eigenvalue weighted by Gasteiger charge is -2.05. The van der Waals surface area contributed by atoms with Gasteiger partial charge in [-0.2, -0.15) is 0 Å². The fraction of sp³-hybridized carbons (Fsp3) is 0.200. The molecule has 0 amide bonds. The molecule has 0 aliphatic rings. The topological polar surface area (TPSA) is 115 Å². The first-order valence-electron chi connectivity index (χ1n) is 5.12. The molecule has 8 heteroatoms.